The van der Waals surface area contributed by atoms with Crippen LogP contribution in [0.15, 0.2) is 0 Å². The molecule has 0 saturated heterocycles. The SMILES string of the molecule is O=C(O)OO.[AlH3].[MgH2].[Zn]. The molecule has 0 rings (SSSR count). The van der Waals surface area contributed by atoms with Crippen molar-refractivity contribution in [3.8, 4) is 0 Å². The van der Waals surface area contributed by atoms with Crippen molar-refractivity contribution in [3.05, 3.63) is 0 Å². The molecule has 42 valence electrons. The second-order valence-corrected chi connectivity index (χ2v) is 0.357. The summed E-state index contributed by atoms with van der Waals surface area (Å²) in [5, 5.41) is 14.3. The van der Waals surface area contributed by atoms with E-state index in [1.54, 1.807) is 0 Å². The number of carboxylic acid groups (broad SMARTS) is 1. The molecule has 0 atom stereocenters. The molecule has 0 amide bonds. The minimum atomic E-state index is -1.69. The van der Waals surface area contributed by atoms with Gasteiger partial charge < -0.3 is 5.11 Å². The topological polar surface area (TPSA) is 66.8 Å². The Hall–Kier alpha value is 1.15. The zero-order valence-electron chi connectivity index (χ0n) is 2.92. The average molecular weight is 200 g/mol. The van der Waals surface area contributed by atoms with Gasteiger partial charge in [-0.1, -0.05) is 0 Å². The first kappa shape index (κ1) is 22.9. The Morgan fingerprint density at radius 1 is 1.50 bits per heavy atom. The van der Waals surface area contributed by atoms with Gasteiger partial charge in [-0.2, -0.15) is 5.26 Å². The molecule has 0 saturated carbocycles. The normalized spacial score (nSPS) is 4.12. The quantitative estimate of drug-likeness (QED) is 0.271. The Kier molecular flexibility index (Phi) is 45.0. The third kappa shape index (κ3) is 27.2. The van der Waals surface area contributed by atoms with Gasteiger partial charge in [0.2, 0.25) is 0 Å². The van der Waals surface area contributed by atoms with Crippen molar-refractivity contribution >= 4 is 46.6 Å². The summed E-state index contributed by atoms with van der Waals surface area (Å²) < 4.78 is 0. The zero-order chi connectivity index (χ0) is 4.28. The summed E-state index contributed by atoms with van der Waals surface area (Å²) in [6, 6.07) is 0. The fourth-order valence-corrected chi connectivity index (χ4v) is 0. The summed E-state index contributed by atoms with van der Waals surface area (Å²) in [7, 11) is 0. The van der Waals surface area contributed by atoms with Crippen molar-refractivity contribution in [1.82, 2.24) is 0 Å². The summed E-state index contributed by atoms with van der Waals surface area (Å²) >= 11 is 0. The van der Waals surface area contributed by atoms with Crippen LogP contribution in [0, 0.1) is 0 Å². The predicted octanol–water partition coefficient (Wildman–Crippen LogP) is -1.95. The summed E-state index contributed by atoms with van der Waals surface area (Å²) in [6.07, 6.45) is -1.69. The molecule has 0 radical (unpaired) electrons. The maximum Gasteiger partial charge on any atom is 0.537 e. The van der Waals surface area contributed by atoms with Crippen LogP contribution < -0.4 is 0 Å². The van der Waals surface area contributed by atoms with E-state index in [4.69, 9.17) is 15.2 Å². The van der Waals surface area contributed by atoms with Crippen molar-refractivity contribution in [2.75, 3.05) is 0 Å². The number of carbonyl (C=O) groups is 1. The Morgan fingerprint density at radius 2 is 1.62 bits per heavy atom. The first-order chi connectivity index (χ1) is 2.27. The van der Waals surface area contributed by atoms with Gasteiger partial charge >= 0.3 is 29.2 Å². The number of rotatable bonds is 0. The van der Waals surface area contributed by atoms with Crippen molar-refractivity contribution in [2.24, 2.45) is 0 Å². The molecule has 2 N–H and O–H groups in total. The van der Waals surface area contributed by atoms with E-state index in [0.29, 0.717) is 0 Å². The van der Waals surface area contributed by atoms with E-state index >= 15 is 0 Å². The van der Waals surface area contributed by atoms with Crippen LogP contribution in [-0.4, -0.2) is 56.9 Å². The zero-order valence-corrected chi connectivity index (χ0v) is 5.89. The fourth-order valence-electron chi connectivity index (χ4n) is 0. The molecule has 0 aromatic heterocycles. The van der Waals surface area contributed by atoms with E-state index in [-0.39, 0.29) is 59.9 Å². The van der Waals surface area contributed by atoms with Gasteiger partial charge in [-0.15, -0.1) is 0 Å². The Balaban J connectivity index is -0.0000000267. The molecule has 0 aromatic rings. The van der Waals surface area contributed by atoms with Gasteiger partial charge in [0.25, 0.3) is 0 Å². The molecule has 0 unspecified atom stereocenters. The summed E-state index contributed by atoms with van der Waals surface area (Å²) in [6.45, 7) is 0. The van der Waals surface area contributed by atoms with Crippen LogP contribution in [0.1, 0.15) is 0 Å². The molecule has 0 aromatic carbocycles. The fraction of sp³-hybridized carbons (Fsp3) is 0. The Labute approximate surface area is 85.6 Å². The molecule has 0 bridgehead atoms. The van der Waals surface area contributed by atoms with E-state index in [0.717, 1.165) is 0 Å². The molecule has 4 nitrogen and oxygen atoms in total. The largest absolute Gasteiger partial charge is 0.537 e. The molecule has 8 heavy (non-hydrogen) atoms. The van der Waals surface area contributed by atoms with E-state index < -0.39 is 6.16 Å². The molecule has 7 heteroatoms. The third-order valence-corrected chi connectivity index (χ3v) is 0.0781. The standard InChI is InChI=1S/CH2O4.Al.Mg.Zn.5H/c2-1(3)5-4;;;;;;;;/h4H,(H,2,3);;;;;;;;. The minimum absolute atomic E-state index is 0. The van der Waals surface area contributed by atoms with E-state index in [1.165, 1.54) is 0 Å². The van der Waals surface area contributed by atoms with Gasteiger partial charge in [0, 0.05) is 19.5 Å². The maximum absolute atomic E-state index is 8.90. The van der Waals surface area contributed by atoms with E-state index in [1.807, 2.05) is 0 Å². The molecule has 0 heterocycles. The third-order valence-electron chi connectivity index (χ3n) is 0.0781. The maximum atomic E-state index is 8.90. The van der Waals surface area contributed by atoms with Gasteiger partial charge in [0.1, 0.15) is 0 Å². The van der Waals surface area contributed by atoms with Gasteiger partial charge in [-0.25, -0.2) is 4.79 Å². The number of hydrogen-bond acceptors (Lipinski definition) is 3. The Bertz CT molecular complexity index is 51.3. The van der Waals surface area contributed by atoms with E-state index in [2.05, 4.69) is 4.89 Å². The minimum Gasteiger partial charge on any atom is -0.448 e. The molecule has 0 aliphatic rings. The van der Waals surface area contributed by atoms with Crippen LogP contribution in [0.2, 0.25) is 0 Å². The van der Waals surface area contributed by atoms with Gasteiger partial charge in [-0.05, 0) is 0 Å². The van der Waals surface area contributed by atoms with Crippen molar-refractivity contribution < 1.29 is 39.5 Å². The van der Waals surface area contributed by atoms with Crippen molar-refractivity contribution in [3.63, 3.8) is 0 Å². The average Bonchev–Trinajstić information content (AvgIpc) is 1.38. The van der Waals surface area contributed by atoms with Crippen LogP contribution in [0.4, 0.5) is 4.79 Å². The van der Waals surface area contributed by atoms with Gasteiger partial charge in [0.15, 0.2) is 17.4 Å². The summed E-state index contributed by atoms with van der Waals surface area (Å²) in [5.74, 6) is 0. The predicted molar refractivity (Wildman–Crippen MR) is 30.2 cm³/mol. The summed E-state index contributed by atoms with van der Waals surface area (Å²) in [4.78, 5) is 11.6. The van der Waals surface area contributed by atoms with Crippen molar-refractivity contribution in [2.45, 2.75) is 0 Å². The summed E-state index contributed by atoms with van der Waals surface area (Å²) in [5.41, 5.74) is 0. The first-order valence-electron chi connectivity index (χ1n) is 0.814. The molecular weight excluding hydrogens is 193 g/mol. The van der Waals surface area contributed by atoms with Crippen LogP contribution in [0.3, 0.4) is 0 Å². The van der Waals surface area contributed by atoms with Crippen LogP contribution in [-0.2, 0) is 24.4 Å². The van der Waals surface area contributed by atoms with Crippen LogP contribution in [0.5, 0.6) is 0 Å². The Morgan fingerprint density at radius 3 is 1.62 bits per heavy atom. The molecule has 0 aliphatic heterocycles. The van der Waals surface area contributed by atoms with Gasteiger partial charge in [-0.3, -0.25) is 4.89 Å². The van der Waals surface area contributed by atoms with Crippen LogP contribution in [0.25, 0.3) is 0 Å². The molecule has 0 aliphatic carbocycles. The first-order valence-corrected chi connectivity index (χ1v) is 0.814. The second-order valence-electron chi connectivity index (χ2n) is 0.357. The number of hydrogen-bond donors (Lipinski definition) is 2. The smallest absolute Gasteiger partial charge is 0.448 e. The molecule has 0 spiro atoms. The monoisotopic (exact) mass is 198 g/mol. The van der Waals surface area contributed by atoms with Crippen LogP contribution >= 0.6 is 0 Å². The van der Waals surface area contributed by atoms with Gasteiger partial charge in [0.05, 0.1) is 0 Å². The molecular formula is CH7AlMgO4Zn. The second kappa shape index (κ2) is 15.7. The van der Waals surface area contributed by atoms with E-state index in [9.17, 15) is 0 Å². The molecule has 0 fully saturated rings. The van der Waals surface area contributed by atoms with Crippen molar-refractivity contribution in [1.29, 1.82) is 0 Å².